The largest absolute Gasteiger partial charge is 0.383 e. The van der Waals surface area contributed by atoms with E-state index in [4.69, 9.17) is 16.3 Å². The monoisotopic (exact) mass is 446 g/mol. The number of fused-ring (bicyclic) bond motifs is 1. The summed E-state index contributed by atoms with van der Waals surface area (Å²) in [6, 6.07) is 13.7. The molecule has 4 nitrogen and oxygen atoms in total. The van der Waals surface area contributed by atoms with Crippen LogP contribution >= 0.6 is 27.5 Å². The van der Waals surface area contributed by atoms with Crippen LogP contribution in [-0.4, -0.2) is 42.1 Å². The number of H-pyrrole nitrogens is 1. The first-order valence-corrected chi connectivity index (χ1v) is 10.1. The van der Waals surface area contributed by atoms with Gasteiger partial charge in [-0.15, -0.1) is 0 Å². The Bertz CT molecular complexity index is 984. The van der Waals surface area contributed by atoms with Crippen molar-refractivity contribution in [3.05, 3.63) is 57.7 Å². The predicted molar refractivity (Wildman–Crippen MR) is 112 cm³/mol. The van der Waals surface area contributed by atoms with Crippen molar-refractivity contribution in [2.24, 2.45) is 0 Å². The van der Waals surface area contributed by atoms with E-state index in [1.807, 2.05) is 47.4 Å². The van der Waals surface area contributed by atoms with Gasteiger partial charge in [-0.2, -0.15) is 0 Å². The van der Waals surface area contributed by atoms with Crippen molar-refractivity contribution in [3.63, 3.8) is 0 Å². The van der Waals surface area contributed by atoms with Gasteiger partial charge in [0.25, 0.3) is 5.91 Å². The Morgan fingerprint density at radius 1 is 1.30 bits per heavy atom. The minimum absolute atomic E-state index is 0.0163. The number of hydrogen-bond donors (Lipinski definition) is 1. The number of nitrogens with zero attached hydrogens (tertiary/aromatic N) is 1. The number of benzene rings is 2. The molecule has 1 atom stereocenters. The van der Waals surface area contributed by atoms with Crippen LogP contribution in [0.4, 0.5) is 0 Å². The number of ether oxygens (including phenoxy) is 1. The van der Waals surface area contributed by atoms with Crippen molar-refractivity contribution in [1.82, 2.24) is 9.88 Å². The number of carbonyl (C=O) groups is 1. The molecule has 1 aliphatic rings. The Labute approximate surface area is 171 Å². The second-order valence-electron chi connectivity index (χ2n) is 6.79. The van der Waals surface area contributed by atoms with Gasteiger partial charge >= 0.3 is 0 Å². The summed E-state index contributed by atoms with van der Waals surface area (Å²) in [6.45, 7) is 1.31. The molecule has 2 heterocycles. The summed E-state index contributed by atoms with van der Waals surface area (Å²) in [6.07, 6.45) is 1.97. The van der Waals surface area contributed by atoms with E-state index >= 15 is 0 Å². The van der Waals surface area contributed by atoms with Crippen molar-refractivity contribution < 1.29 is 9.53 Å². The summed E-state index contributed by atoms with van der Waals surface area (Å²) in [5.74, 6) is 0.0163. The molecule has 1 aromatic heterocycles. The van der Waals surface area contributed by atoms with E-state index in [2.05, 4.69) is 20.9 Å². The van der Waals surface area contributed by atoms with Gasteiger partial charge < -0.3 is 14.6 Å². The molecule has 0 unspecified atom stereocenters. The molecule has 1 saturated heterocycles. The topological polar surface area (TPSA) is 45.3 Å². The number of aromatic amines is 1. The standard InChI is InChI=1S/C21H20BrClN2O2/c1-27-12-15-4-3-11-25(15)21(26)20-18(13-7-9-14(23)10-8-13)16-5-2-6-17(22)19(16)24-20/h2,5-10,15,24H,3-4,11-12H2,1H3/t15-/m0/s1. The molecule has 1 amide bonds. The molecule has 4 rings (SSSR count). The van der Waals surface area contributed by atoms with E-state index in [-0.39, 0.29) is 11.9 Å². The van der Waals surface area contributed by atoms with E-state index in [0.717, 1.165) is 45.9 Å². The van der Waals surface area contributed by atoms with Crippen LogP contribution in [-0.2, 0) is 4.74 Å². The Morgan fingerprint density at radius 2 is 2.07 bits per heavy atom. The molecule has 1 N–H and O–H groups in total. The number of rotatable bonds is 4. The van der Waals surface area contributed by atoms with Crippen LogP contribution in [0, 0.1) is 0 Å². The van der Waals surface area contributed by atoms with Gasteiger partial charge in [0, 0.05) is 34.1 Å². The molecule has 1 aliphatic heterocycles. The van der Waals surface area contributed by atoms with Gasteiger partial charge in [-0.3, -0.25) is 4.79 Å². The van der Waals surface area contributed by atoms with Crippen molar-refractivity contribution in [2.75, 3.05) is 20.3 Å². The number of aromatic nitrogens is 1. The molecular weight excluding hydrogens is 428 g/mol. The molecular formula is C21H20BrClN2O2. The average molecular weight is 448 g/mol. The lowest BCUT2D eigenvalue weighted by Crippen LogP contribution is -2.38. The summed E-state index contributed by atoms with van der Waals surface area (Å²) in [5.41, 5.74) is 3.42. The molecule has 0 radical (unpaired) electrons. The SMILES string of the molecule is COC[C@@H]1CCCN1C(=O)c1[nH]c2c(Br)cccc2c1-c1ccc(Cl)cc1. The number of likely N-dealkylation sites (tertiary alicyclic amines) is 1. The van der Waals surface area contributed by atoms with Crippen LogP contribution in [0.15, 0.2) is 46.9 Å². The van der Waals surface area contributed by atoms with Gasteiger partial charge in [-0.05, 0) is 52.5 Å². The average Bonchev–Trinajstić information content (AvgIpc) is 3.28. The lowest BCUT2D eigenvalue weighted by molar-refractivity contribution is 0.0626. The van der Waals surface area contributed by atoms with Gasteiger partial charge in [0.05, 0.1) is 18.2 Å². The fourth-order valence-corrected chi connectivity index (χ4v) is 4.46. The molecule has 0 spiro atoms. The van der Waals surface area contributed by atoms with Gasteiger partial charge in [-0.1, -0.05) is 35.9 Å². The van der Waals surface area contributed by atoms with E-state index in [1.165, 1.54) is 0 Å². The quantitative estimate of drug-likeness (QED) is 0.574. The van der Waals surface area contributed by atoms with E-state index in [1.54, 1.807) is 7.11 Å². The van der Waals surface area contributed by atoms with Crippen LogP contribution in [0.5, 0.6) is 0 Å². The van der Waals surface area contributed by atoms with Gasteiger partial charge in [0.1, 0.15) is 5.69 Å². The molecule has 1 fully saturated rings. The normalized spacial score (nSPS) is 17.0. The lowest BCUT2D eigenvalue weighted by atomic mass is 10.0. The third-order valence-corrected chi connectivity index (χ3v) is 6.04. The van der Waals surface area contributed by atoms with E-state index < -0.39 is 0 Å². The Balaban J connectivity index is 1.87. The van der Waals surface area contributed by atoms with Crippen LogP contribution in [0.2, 0.25) is 5.02 Å². The highest BCUT2D eigenvalue weighted by atomic mass is 79.9. The smallest absolute Gasteiger partial charge is 0.271 e. The van der Waals surface area contributed by atoms with Crippen molar-refractivity contribution in [1.29, 1.82) is 0 Å². The van der Waals surface area contributed by atoms with Crippen molar-refractivity contribution >= 4 is 44.3 Å². The predicted octanol–water partition coefficient (Wildman–Crippen LogP) is 5.50. The van der Waals surface area contributed by atoms with E-state index in [9.17, 15) is 4.79 Å². The van der Waals surface area contributed by atoms with Crippen LogP contribution in [0.3, 0.4) is 0 Å². The minimum atomic E-state index is 0.0163. The van der Waals surface area contributed by atoms with Gasteiger partial charge in [0.15, 0.2) is 0 Å². The highest BCUT2D eigenvalue weighted by molar-refractivity contribution is 9.10. The van der Waals surface area contributed by atoms with Crippen molar-refractivity contribution in [2.45, 2.75) is 18.9 Å². The molecule has 0 aliphatic carbocycles. The third kappa shape index (κ3) is 3.40. The zero-order chi connectivity index (χ0) is 19.0. The number of nitrogens with one attached hydrogen (secondary N) is 1. The summed E-state index contributed by atoms with van der Waals surface area (Å²) < 4.78 is 6.26. The maximum atomic E-state index is 13.5. The first kappa shape index (κ1) is 18.5. The molecule has 27 heavy (non-hydrogen) atoms. The Hall–Kier alpha value is -1.82. The minimum Gasteiger partial charge on any atom is -0.383 e. The van der Waals surface area contributed by atoms with E-state index in [0.29, 0.717) is 17.3 Å². The molecule has 6 heteroatoms. The van der Waals surface area contributed by atoms with Gasteiger partial charge in [-0.25, -0.2) is 0 Å². The summed E-state index contributed by atoms with van der Waals surface area (Å²) in [5, 5.41) is 1.69. The number of halogens is 2. The molecule has 140 valence electrons. The third-order valence-electron chi connectivity index (χ3n) is 5.13. The fourth-order valence-electron chi connectivity index (χ4n) is 3.87. The zero-order valence-electron chi connectivity index (χ0n) is 15.0. The molecule has 0 saturated carbocycles. The molecule has 0 bridgehead atoms. The zero-order valence-corrected chi connectivity index (χ0v) is 17.3. The second-order valence-corrected chi connectivity index (χ2v) is 8.09. The van der Waals surface area contributed by atoms with Crippen LogP contribution < -0.4 is 0 Å². The summed E-state index contributed by atoms with van der Waals surface area (Å²) >= 11 is 9.67. The van der Waals surface area contributed by atoms with Crippen molar-refractivity contribution in [3.8, 4) is 11.1 Å². The lowest BCUT2D eigenvalue weighted by Gasteiger charge is -2.24. The Kier molecular flexibility index (Phi) is 5.26. The first-order valence-electron chi connectivity index (χ1n) is 8.96. The van der Waals surface area contributed by atoms with Gasteiger partial charge in [0.2, 0.25) is 0 Å². The summed E-state index contributed by atoms with van der Waals surface area (Å²) in [7, 11) is 1.68. The number of hydrogen-bond acceptors (Lipinski definition) is 2. The number of carbonyl (C=O) groups excluding carboxylic acids is 1. The molecule has 3 aromatic rings. The highest BCUT2D eigenvalue weighted by Gasteiger charge is 2.32. The Morgan fingerprint density at radius 3 is 2.81 bits per heavy atom. The first-order chi connectivity index (χ1) is 13.1. The number of para-hydroxylation sites is 1. The summed E-state index contributed by atoms with van der Waals surface area (Å²) in [4.78, 5) is 18.8. The number of amides is 1. The second kappa shape index (κ2) is 7.66. The van der Waals surface area contributed by atoms with Crippen LogP contribution in [0.25, 0.3) is 22.0 Å². The molecule has 2 aromatic carbocycles. The maximum absolute atomic E-state index is 13.5. The maximum Gasteiger partial charge on any atom is 0.271 e. The fraction of sp³-hybridized carbons (Fsp3) is 0.286. The number of methoxy groups -OCH3 is 1. The highest BCUT2D eigenvalue weighted by Crippen LogP contribution is 2.37. The van der Waals surface area contributed by atoms with Crippen LogP contribution in [0.1, 0.15) is 23.3 Å².